The number of aliphatic imine (C=N–C) groups is 1. The van der Waals surface area contributed by atoms with E-state index in [1.807, 2.05) is 19.2 Å². The van der Waals surface area contributed by atoms with E-state index in [0.29, 0.717) is 0 Å². The summed E-state index contributed by atoms with van der Waals surface area (Å²) in [6, 6.07) is 8.24. The number of rotatable bonds is 6. The fourth-order valence-electron chi connectivity index (χ4n) is 3.34. The van der Waals surface area contributed by atoms with E-state index >= 15 is 0 Å². The fraction of sp³-hybridized carbons (Fsp3) is 0.526. The molecule has 1 aliphatic heterocycles. The number of guanidine groups is 1. The van der Waals surface area contributed by atoms with Crippen LogP contribution in [-0.2, 0) is 13.0 Å². The lowest BCUT2D eigenvalue weighted by Crippen LogP contribution is -2.52. The first kappa shape index (κ1) is 19.0. The summed E-state index contributed by atoms with van der Waals surface area (Å²) in [6.45, 7) is 7.51. The number of nitrogens with one attached hydrogen (secondary N) is 1. The number of benzene rings is 1. The number of piperazine rings is 1. The second-order valence-electron chi connectivity index (χ2n) is 6.44. The van der Waals surface area contributed by atoms with Gasteiger partial charge in [-0.1, -0.05) is 13.0 Å². The minimum atomic E-state index is 0.799. The first-order chi connectivity index (χ1) is 13.2. The molecule has 1 aromatic carbocycles. The molecular formula is C19H29N7O. The number of hydrogen-bond acceptors (Lipinski definition) is 5. The van der Waals surface area contributed by atoms with Gasteiger partial charge in [0, 0.05) is 64.5 Å². The molecule has 146 valence electrons. The molecule has 2 heterocycles. The van der Waals surface area contributed by atoms with E-state index in [1.165, 1.54) is 5.69 Å². The van der Waals surface area contributed by atoms with Gasteiger partial charge in [0.2, 0.25) is 0 Å². The van der Waals surface area contributed by atoms with Gasteiger partial charge in [-0.25, -0.2) is 0 Å². The molecule has 8 heteroatoms. The number of hydrogen-bond donors (Lipinski definition) is 1. The minimum absolute atomic E-state index is 0.799. The molecule has 0 spiro atoms. The molecule has 0 bridgehead atoms. The van der Waals surface area contributed by atoms with Crippen LogP contribution < -0.4 is 15.0 Å². The van der Waals surface area contributed by atoms with Gasteiger partial charge in [0.15, 0.2) is 5.96 Å². The monoisotopic (exact) mass is 371 g/mol. The number of aromatic nitrogens is 3. The van der Waals surface area contributed by atoms with Crippen LogP contribution in [0.5, 0.6) is 5.75 Å². The van der Waals surface area contributed by atoms with Gasteiger partial charge in [0.05, 0.1) is 7.11 Å². The van der Waals surface area contributed by atoms with Crippen molar-refractivity contribution in [2.45, 2.75) is 19.9 Å². The maximum Gasteiger partial charge on any atom is 0.193 e. The highest BCUT2D eigenvalue weighted by molar-refractivity contribution is 5.80. The molecule has 8 nitrogen and oxygen atoms in total. The van der Waals surface area contributed by atoms with Gasteiger partial charge in [-0.2, -0.15) is 0 Å². The van der Waals surface area contributed by atoms with Crippen LogP contribution >= 0.6 is 0 Å². The predicted octanol–water partition coefficient (Wildman–Crippen LogP) is 1.25. The molecule has 2 aromatic rings. The molecule has 0 atom stereocenters. The second kappa shape index (κ2) is 9.25. The maximum atomic E-state index is 5.34. The van der Waals surface area contributed by atoms with E-state index in [4.69, 9.17) is 4.74 Å². The minimum Gasteiger partial charge on any atom is -0.497 e. The smallest absolute Gasteiger partial charge is 0.193 e. The van der Waals surface area contributed by atoms with Gasteiger partial charge in [0.1, 0.15) is 17.9 Å². The third-order valence-corrected chi connectivity index (χ3v) is 4.86. The first-order valence-electron chi connectivity index (χ1n) is 9.46. The van der Waals surface area contributed by atoms with Crippen LogP contribution in [-0.4, -0.2) is 72.5 Å². The maximum absolute atomic E-state index is 5.34. The summed E-state index contributed by atoms with van der Waals surface area (Å²) in [5.74, 6) is 2.86. The Labute approximate surface area is 160 Å². The lowest BCUT2D eigenvalue weighted by molar-refractivity contribution is 0.371. The van der Waals surface area contributed by atoms with Crippen molar-refractivity contribution in [3.8, 4) is 5.75 Å². The second-order valence-corrected chi connectivity index (χ2v) is 6.44. The van der Waals surface area contributed by atoms with Gasteiger partial charge in [-0.15, -0.1) is 10.2 Å². The largest absolute Gasteiger partial charge is 0.497 e. The summed E-state index contributed by atoms with van der Waals surface area (Å²) < 4.78 is 7.42. The number of aryl methyl sites for hydroxylation is 1. The zero-order valence-corrected chi connectivity index (χ0v) is 16.4. The molecule has 27 heavy (non-hydrogen) atoms. The van der Waals surface area contributed by atoms with Gasteiger partial charge in [-0.05, 0) is 12.1 Å². The summed E-state index contributed by atoms with van der Waals surface area (Å²) in [7, 11) is 3.54. The molecular weight excluding hydrogens is 342 g/mol. The van der Waals surface area contributed by atoms with Gasteiger partial charge in [-0.3, -0.25) is 4.99 Å². The van der Waals surface area contributed by atoms with Gasteiger partial charge < -0.3 is 24.4 Å². The van der Waals surface area contributed by atoms with Gasteiger partial charge >= 0.3 is 0 Å². The zero-order valence-electron chi connectivity index (χ0n) is 16.4. The zero-order chi connectivity index (χ0) is 19.1. The topological polar surface area (TPSA) is 70.8 Å². The Hall–Kier alpha value is -2.77. The van der Waals surface area contributed by atoms with E-state index in [2.05, 4.69) is 53.9 Å². The standard InChI is InChI=1S/C19H29N7O/c1-4-18-23-22-15-26(18)9-8-21-19(20-2)25-12-10-24(11-13-25)16-6-5-7-17(14-16)27-3/h5-7,14-15H,4,8-13H2,1-3H3,(H,20,21). The Balaban J connectivity index is 1.49. The number of methoxy groups -OCH3 is 1. The summed E-state index contributed by atoms with van der Waals surface area (Å²) in [6.07, 6.45) is 2.68. The van der Waals surface area contributed by atoms with Crippen molar-refractivity contribution in [1.82, 2.24) is 25.0 Å². The van der Waals surface area contributed by atoms with E-state index in [1.54, 1.807) is 13.4 Å². The van der Waals surface area contributed by atoms with Crippen molar-refractivity contribution in [2.24, 2.45) is 4.99 Å². The van der Waals surface area contributed by atoms with Crippen molar-refractivity contribution < 1.29 is 4.74 Å². The molecule has 1 aromatic heterocycles. The Morgan fingerprint density at radius 2 is 2.07 bits per heavy atom. The molecule has 1 fully saturated rings. The average Bonchev–Trinajstić information content (AvgIpc) is 3.19. The van der Waals surface area contributed by atoms with Crippen LogP contribution in [0.4, 0.5) is 5.69 Å². The lowest BCUT2D eigenvalue weighted by atomic mass is 10.2. The molecule has 1 saturated heterocycles. The van der Waals surface area contributed by atoms with Crippen molar-refractivity contribution in [1.29, 1.82) is 0 Å². The summed E-state index contributed by atoms with van der Waals surface area (Å²) in [5.41, 5.74) is 1.21. The lowest BCUT2D eigenvalue weighted by Gasteiger charge is -2.37. The van der Waals surface area contributed by atoms with E-state index in [0.717, 1.165) is 63.2 Å². The van der Waals surface area contributed by atoms with E-state index in [-0.39, 0.29) is 0 Å². The highest BCUT2D eigenvalue weighted by Gasteiger charge is 2.20. The summed E-state index contributed by atoms with van der Waals surface area (Å²) in [5, 5.41) is 11.6. The number of nitrogens with zero attached hydrogens (tertiary/aromatic N) is 6. The van der Waals surface area contributed by atoms with Crippen molar-refractivity contribution >= 4 is 11.6 Å². The summed E-state index contributed by atoms with van der Waals surface area (Å²) in [4.78, 5) is 9.15. The Bertz CT molecular complexity index is 750. The average molecular weight is 371 g/mol. The molecule has 0 amide bonds. The van der Waals surface area contributed by atoms with Crippen molar-refractivity contribution in [3.63, 3.8) is 0 Å². The molecule has 0 radical (unpaired) electrons. The molecule has 3 rings (SSSR count). The first-order valence-corrected chi connectivity index (χ1v) is 9.46. The Kier molecular flexibility index (Phi) is 6.51. The van der Waals surface area contributed by atoms with Crippen molar-refractivity contribution in [2.75, 3.05) is 51.8 Å². The van der Waals surface area contributed by atoms with Crippen LogP contribution in [0.1, 0.15) is 12.7 Å². The van der Waals surface area contributed by atoms with Crippen LogP contribution in [0.3, 0.4) is 0 Å². The molecule has 0 aliphatic carbocycles. The highest BCUT2D eigenvalue weighted by Crippen LogP contribution is 2.22. The fourth-order valence-corrected chi connectivity index (χ4v) is 3.34. The Morgan fingerprint density at radius 1 is 1.26 bits per heavy atom. The van der Waals surface area contributed by atoms with Crippen LogP contribution in [0, 0.1) is 0 Å². The van der Waals surface area contributed by atoms with E-state index < -0.39 is 0 Å². The number of ether oxygens (including phenoxy) is 1. The molecule has 0 unspecified atom stereocenters. The van der Waals surface area contributed by atoms with E-state index in [9.17, 15) is 0 Å². The number of anilines is 1. The van der Waals surface area contributed by atoms with Gasteiger partial charge in [0.25, 0.3) is 0 Å². The van der Waals surface area contributed by atoms with Crippen LogP contribution in [0.2, 0.25) is 0 Å². The normalized spacial score (nSPS) is 15.1. The SMILES string of the molecule is CCc1nncn1CCNC(=NC)N1CCN(c2cccc(OC)c2)CC1. The molecule has 1 N–H and O–H groups in total. The molecule has 1 aliphatic rings. The van der Waals surface area contributed by atoms with Crippen LogP contribution in [0.15, 0.2) is 35.6 Å². The van der Waals surface area contributed by atoms with Crippen LogP contribution in [0.25, 0.3) is 0 Å². The quantitative estimate of drug-likeness (QED) is 0.609. The predicted molar refractivity (Wildman–Crippen MR) is 108 cm³/mol. The molecule has 0 saturated carbocycles. The van der Waals surface area contributed by atoms with Crippen molar-refractivity contribution in [3.05, 3.63) is 36.4 Å². The summed E-state index contributed by atoms with van der Waals surface area (Å²) >= 11 is 0. The third-order valence-electron chi connectivity index (χ3n) is 4.86. The third kappa shape index (κ3) is 4.69. The Morgan fingerprint density at radius 3 is 2.78 bits per heavy atom. The highest BCUT2D eigenvalue weighted by atomic mass is 16.5.